The summed E-state index contributed by atoms with van der Waals surface area (Å²) in [6.45, 7) is -0.0293. The van der Waals surface area contributed by atoms with Crippen molar-refractivity contribution >= 4 is 15.8 Å². The SMILES string of the molecule is Cn1ccc(-c2nnc(CS(=O)(=O)[C@H]3C[C@@H](O)CN(c4ncc(F)cn4)C3)n2-c2c(F)cccc2F)n1. The fourth-order valence-electron chi connectivity index (χ4n) is 4.27. The van der Waals surface area contributed by atoms with Gasteiger partial charge in [0.25, 0.3) is 0 Å². The van der Waals surface area contributed by atoms with Crippen molar-refractivity contribution < 1.29 is 26.7 Å². The molecule has 194 valence electrons. The fourth-order valence-corrected chi connectivity index (χ4v) is 5.97. The van der Waals surface area contributed by atoms with Crippen LogP contribution in [0.3, 0.4) is 0 Å². The van der Waals surface area contributed by atoms with Gasteiger partial charge in [-0.05, 0) is 24.6 Å². The van der Waals surface area contributed by atoms with Crippen molar-refractivity contribution in [1.82, 2.24) is 34.5 Å². The number of sulfone groups is 1. The van der Waals surface area contributed by atoms with Crippen LogP contribution in [0.1, 0.15) is 12.2 Å². The van der Waals surface area contributed by atoms with Crippen LogP contribution in [0.25, 0.3) is 17.2 Å². The molecule has 37 heavy (non-hydrogen) atoms. The van der Waals surface area contributed by atoms with Gasteiger partial charge in [0.05, 0.1) is 23.7 Å². The van der Waals surface area contributed by atoms with E-state index in [9.17, 15) is 26.7 Å². The minimum absolute atomic E-state index is 0.0418. The summed E-state index contributed by atoms with van der Waals surface area (Å²) in [5, 5.41) is 21.4. The van der Waals surface area contributed by atoms with Crippen LogP contribution >= 0.6 is 0 Å². The molecule has 1 N–H and O–H groups in total. The number of rotatable bonds is 6. The van der Waals surface area contributed by atoms with E-state index >= 15 is 0 Å². The van der Waals surface area contributed by atoms with Crippen molar-refractivity contribution in [2.75, 3.05) is 18.0 Å². The highest BCUT2D eigenvalue weighted by atomic mass is 32.2. The molecule has 1 aliphatic heterocycles. The van der Waals surface area contributed by atoms with Crippen molar-refractivity contribution in [3.63, 3.8) is 0 Å². The Morgan fingerprint density at radius 2 is 1.76 bits per heavy atom. The molecule has 11 nitrogen and oxygen atoms in total. The summed E-state index contributed by atoms with van der Waals surface area (Å²) in [6, 6.07) is 4.81. The summed E-state index contributed by atoms with van der Waals surface area (Å²) < 4.78 is 72.4. The van der Waals surface area contributed by atoms with Crippen LogP contribution in [0.4, 0.5) is 19.1 Å². The first kappa shape index (κ1) is 24.8. The molecule has 0 saturated carbocycles. The Kier molecular flexibility index (Phi) is 6.41. The summed E-state index contributed by atoms with van der Waals surface area (Å²) in [5.74, 6) is -3.47. The topological polar surface area (TPSA) is 132 Å². The molecule has 1 fully saturated rings. The van der Waals surface area contributed by atoms with Crippen molar-refractivity contribution in [1.29, 1.82) is 0 Å². The Labute approximate surface area is 209 Å². The predicted octanol–water partition coefficient (Wildman–Crippen LogP) is 1.43. The van der Waals surface area contributed by atoms with Gasteiger partial charge in [0.2, 0.25) is 5.95 Å². The van der Waals surface area contributed by atoms with Crippen LogP contribution in [-0.4, -0.2) is 72.5 Å². The lowest BCUT2D eigenvalue weighted by Gasteiger charge is -2.35. The number of aryl methyl sites for hydroxylation is 1. The maximum Gasteiger partial charge on any atom is 0.225 e. The largest absolute Gasteiger partial charge is 0.391 e. The second-order valence-electron chi connectivity index (χ2n) is 8.65. The molecule has 0 aliphatic carbocycles. The number of aliphatic hydroxyl groups is 1. The zero-order valence-corrected chi connectivity index (χ0v) is 20.2. The lowest BCUT2D eigenvalue weighted by molar-refractivity contribution is 0.154. The molecule has 4 aromatic rings. The molecule has 0 unspecified atom stereocenters. The Morgan fingerprint density at radius 1 is 1.05 bits per heavy atom. The van der Waals surface area contributed by atoms with E-state index in [1.165, 1.54) is 15.6 Å². The van der Waals surface area contributed by atoms with Crippen molar-refractivity contribution in [2.24, 2.45) is 7.05 Å². The molecule has 1 aliphatic rings. The molecule has 0 radical (unpaired) electrons. The van der Waals surface area contributed by atoms with Gasteiger partial charge in [-0.1, -0.05) is 6.07 Å². The van der Waals surface area contributed by atoms with E-state index in [0.29, 0.717) is 0 Å². The van der Waals surface area contributed by atoms with Gasteiger partial charge in [0.15, 0.2) is 27.3 Å². The average molecular weight is 535 g/mol. The number of piperidine rings is 1. The lowest BCUT2D eigenvalue weighted by atomic mass is 10.1. The Bertz CT molecular complexity index is 1520. The first-order chi connectivity index (χ1) is 17.6. The number of anilines is 1. The molecule has 0 spiro atoms. The molecule has 1 aromatic carbocycles. The first-order valence-corrected chi connectivity index (χ1v) is 12.8. The lowest BCUT2D eigenvalue weighted by Crippen LogP contribution is -2.49. The number of nitrogens with zero attached hydrogens (tertiary/aromatic N) is 8. The maximum atomic E-state index is 14.8. The molecular formula is C22H21F3N8O3S. The molecule has 3 aromatic heterocycles. The van der Waals surface area contributed by atoms with Gasteiger partial charge in [-0.3, -0.25) is 9.25 Å². The Balaban J connectivity index is 1.52. The third-order valence-electron chi connectivity index (χ3n) is 5.95. The zero-order valence-electron chi connectivity index (χ0n) is 19.4. The second-order valence-corrected chi connectivity index (χ2v) is 10.9. The minimum atomic E-state index is -4.06. The first-order valence-electron chi connectivity index (χ1n) is 11.1. The molecule has 1 saturated heterocycles. The van der Waals surface area contributed by atoms with Crippen LogP contribution in [-0.2, 0) is 22.6 Å². The van der Waals surface area contributed by atoms with Crippen LogP contribution in [0.2, 0.25) is 0 Å². The summed E-state index contributed by atoms with van der Waals surface area (Å²) >= 11 is 0. The third kappa shape index (κ3) is 4.91. The summed E-state index contributed by atoms with van der Waals surface area (Å²) in [6.07, 6.45) is 2.36. The number of aliphatic hydroxyl groups excluding tert-OH is 1. The van der Waals surface area contributed by atoms with E-state index in [-0.39, 0.29) is 42.8 Å². The van der Waals surface area contributed by atoms with E-state index in [2.05, 4.69) is 25.3 Å². The van der Waals surface area contributed by atoms with Gasteiger partial charge in [-0.25, -0.2) is 31.6 Å². The normalized spacial score (nSPS) is 18.4. The van der Waals surface area contributed by atoms with Gasteiger partial charge in [0, 0.05) is 26.3 Å². The number of hydrogen-bond acceptors (Lipinski definition) is 9. The number of β-amino-alcohol motifs (C(OH)–C–C–N with tert-alkyl or cyclic N) is 1. The van der Waals surface area contributed by atoms with Crippen LogP contribution < -0.4 is 4.90 Å². The van der Waals surface area contributed by atoms with E-state index in [1.54, 1.807) is 19.3 Å². The van der Waals surface area contributed by atoms with Gasteiger partial charge >= 0.3 is 0 Å². The van der Waals surface area contributed by atoms with E-state index in [1.807, 2.05) is 0 Å². The van der Waals surface area contributed by atoms with Gasteiger partial charge in [-0.2, -0.15) is 5.10 Å². The predicted molar refractivity (Wildman–Crippen MR) is 125 cm³/mol. The van der Waals surface area contributed by atoms with E-state index < -0.39 is 50.1 Å². The number of halogens is 3. The standard InChI is InChI=1S/C22H21F3N8O3S/c1-31-6-5-18(30-31)21-29-28-19(33(21)20-16(24)3-2-4-17(20)25)12-37(35,36)15-7-14(34)10-32(11-15)22-26-8-13(23)9-27-22/h2-6,8-9,14-15,34H,7,10-12H2,1H3/t14-,15+/m1/s1. The highest BCUT2D eigenvalue weighted by Crippen LogP contribution is 2.29. The number of hydrogen-bond donors (Lipinski definition) is 1. The minimum Gasteiger partial charge on any atom is -0.391 e. The molecule has 4 heterocycles. The van der Waals surface area contributed by atoms with E-state index in [4.69, 9.17) is 0 Å². The molecule has 5 rings (SSSR count). The van der Waals surface area contributed by atoms with Crippen molar-refractivity contribution in [3.8, 4) is 17.2 Å². The average Bonchev–Trinajstić information content (AvgIpc) is 3.45. The van der Waals surface area contributed by atoms with Crippen LogP contribution in [0.5, 0.6) is 0 Å². The molecule has 0 bridgehead atoms. The summed E-state index contributed by atoms with van der Waals surface area (Å²) in [7, 11) is -2.42. The van der Waals surface area contributed by atoms with Crippen LogP contribution in [0.15, 0.2) is 42.9 Å². The van der Waals surface area contributed by atoms with Gasteiger partial charge in [-0.15, -0.1) is 10.2 Å². The number of para-hydroxylation sites is 1. The molecule has 15 heteroatoms. The smallest absolute Gasteiger partial charge is 0.225 e. The third-order valence-corrected chi connectivity index (χ3v) is 7.97. The highest BCUT2D eigenvalue weighted by Gasteiger charge is 2.37. The highest BCUT2D eigenvalue weighted by molar-refractivity contribution is 7.91. The summed E-state index contributed by atoms with van der Waals surface area (Å²) in [4.78, 5) is 9.17. The van der Waals surface area contributed by atoms with E-state index in [0.717, 1.165) is 29.1 Å². The van der Waals surface area contributed by atoms with Gasteiger partial charge < -0.3 is 10.0 Å². The molecular weight excluding hydrogens is 513 g/mol. The van der Waals surface area contributed by atoms with Gasteiger partial charge in [0.1, 0.15) is 28.8 Å². The Morgan fingerprint density at radius 3 is 2.41 bits per heavy atom. The summed E-state index contributed by atoms with van der Waals surface area (Å²) in [5.41, 5.74) is -0.308. The van der Waals surface area contributed by atoms with Crippen molar-refractivity contribution in [3.05, 3.63) is 66.1 Å². The second kappa shape index (κ2) is 9.55. The maximum absolute atomic E-state index is 14.8. The number of aromatic nitrogens is 7. The Hall–Kier alpha value is -3.85. The van der Waals surface area contributed by atoms with Crippen molar-refractivity contribution in [2.45, 2.75) is 23.5 Å². The zero-order chi connectivity index (χ0) is 26.3. The molecule has 0 amide bonds. The number of benzene rings is 1. The van der Waals surface area contributed by atoms with Crippen LogP contribution in [0, 0.1) is 17.5 Å². The fraction of sp³-hybridized carbons (Fsp3) is 0.318. The monoisotopic (exact) mass is 534 g/mol. The quantitative estimate of drug-likeness (QED) is 0.390. The molecule has 2 atom stereocenters.